The summed E-state index contributed by atoms with van der Waals surface area (Å²) in [5.41, 5.74) is 1.13. The number of aliphatic carboxylic acids is 1. The van der Waals surface area contributed by atoms with Gasteiger partial charge in [0.2, 0.25) is 0 Å². The third-order valence-corrected chi connectivity index (χ3v) is 6.55. The zero-order chi connectivity index (χ0) is 21.4. The molecule has 0 atom stereocenters. The van der Waals surface area contributed by atoms with Gasteiger partial charge in [0.15, 0.2) is 0 Å². The molecule has 0 saturated heterocycles. The van der Waals surface area contributed by atoms with Crippen LogP contribution in [0.3, 0.4) is 0 Å². The van der Waals surface area contributed by atoms with E-state index < -0.39 is 21.4 Å². The summed E-state index contributed by atoms with van der Waals surface area (Å²) in [5, 5.41) is 9.49. The molecule has 154 valence electrons. The highest BCUT2D eigenvalue weighted by Gasteiger charge is 2.32. The molecule has 0 bridgehead atoms. The molecule has 29 heavy (non-hydrogen) atoms. The summed E-state index contributed by atoms with van der Waals surface area (Å²) in [7, 11) is -2.29. The number of carboxylic acid groups (broad SMARTS) is 1. The fraction of sp³-hybridized carbons (Fsp3) is 0.333. The van der Waals surface area contributed by atoms with Gasteiger partial charge in [-0.2, -0.15) is 0 Å². The normalized spacial score (nSPS) is 14.6. The lowest BCUT2D eigenvalue weighted by atomic mass is 9.85. The number of benzene rings is 1. The average molecular weight is 416 g/mol. The molecule has 1 aliphatic rings. The van der Waals surface area contributed by atoms with E-state index in [0.717, 1.165) is 5.56 Å². The topological polar surface area (TPSA) is 96.8 Å². The van der Waals surface area contributed by atoms with Crippen LogP contribution in [0.15, 0.2) is 47.0 Å². The van der Waals surface area contributed by atoms with Crippen LogP contribution >= 0.6 is 0 Å². The number of rotatable bonds is 5. The van der Waals surface area contributed by atoms with Crippen LogP contribution in [0, 0.1) is 5.41 Å². The SMILES string of the molecule is COc1cccc(S(=O)(=O)N2CCc3cc(C=C(C(=O)O)C(C)(C)C)cnc32)c1. The van der Waals surface area contributed by atoms with E-state index in [1.54, 1.807) is 24.3 Å². The van der Waals surface area contributed by atoms with Crippen LogP contribution in [-0.4, -0.2) is 38.1 Å². The van der Waals surface area contributed by atoms with Crippen LogP contribution in [0.4, 0.5) is 5.82 Å². The van der Waals surface area contributed by atoms with Crippen molar-refractivity contribution in [3.8, 4) is 5.75 Å². The molecule has 3 rings (SSSR count). The minimum absolute atomic E-state index is 0.136. The highest BCUT2D eigenvalue weighted by molar-refractivity contribution is 7.92. The molecule has 1 aliphatic heterocycles. The number of sulfonamides is 1. The van der Waals surface area contributed by atoms with Crippen molar-refractivity contribution in [3.63, 3.8) is 0 Å². The maximum atomic E-state index is 13.1. The number of carbonyl (C=O) groups is 1. The summed E-state index contributed by atoms with van der Waals surface area (Å²) in [6, 6.07) is 8.12. The molecule has 0 amide bonds. The first-order chi connectivity index (χ1) is 13.5. The lowest BCUT2D eigenvalue weighted by molar-refractivity contribution is -0.133. The van der Waals surface area contributed by atoms with Crippen molar-refractivity contribution in [2.75, 3.05) is 18.0 Å². The maximum Gasteiger partial charge on any atom is 0.332 e. The van der Waals surface area contributed by atoms with E-state index in [-0.39, 0.29) is 17.0 Å². The van der Waals surface area contributed by atoms with Crippen molar-refractivity contribution in [1.29, 1.82) is 0 Å². The van der Waals surface area contributed by atoms with Gasteiger partial charge in [-0.1, -0.05) is 26.8 Å². The van der Waals surface area contributed by atoms with E-state index in [9.17, 15) is 18.3 Å². The Hall–Kier alpha value is -2.87. The molecule has 0 spiro atoms. The molecule has 2 aromatic rings. The predicted molar refractivity (Wildman–Crippen MR) is 111 cm³/mol. The zero-order valence-electron chi connectivity index (χ0n) is 16.8. The van der Waals surface area contributed by atoms with E-state index in [1.165, 1.54) is 29.7 Å². The van der Waals surface area contributed by atoms with Crippen LogP contribution in [0.1, 0.15) is 31.9 Å². The van der Waals surface area contributed by atoms with E-state index in [0.29, 0.717) is 23.6 Å². The smallest absolute Gasteiger partial charge is 0.332 e. The minimum atomic E-state index is -3.78. The van der Waals surface area contributed by atoms with Crippen molar-refractivity contribution in [2.24, 2.45) is 5.41 Å². The molecule has 1 aromatic carbocycles. The standard InChI is InChI=1S/C21H24N2O5S/c1-21(2,3)18(20(24)25)11-14-10-15-8-9-23(19(15)22-13-14)29(26,27)17-7-5-6-16(12-17)28-4/h5-7,10-13H,8-9H2,1-4H3,(H,24,25). The number of carboxylic acids is 1. The number of hydrogen-bond acceptors (Lipinski definition) is 5. The third kappa shape index (κ3) is 4.12. The number of aromatic nitrogens is 1. The zero-order valence-corrected chi connectivity index (χ0v) is 17.7. The van der Waals surface area contributed by atoms with Gasteiger partial charge in [-0.15, -0.1) is 0 Å². The van der Waals surface area contributed by atoms with Gasteiger partial charge >= 0.3 is 5.97 Å². The fourth-order valence-electron chi connectivity index (χ4n) is 3.23. The minimum Gasteiger partial charge on any atom is -0.497 e. The largest absolute Gasteiger partial charge is 0.497 e. The molecule has 7 nitrogen and oxygen atoms in total. The molecule has 0 fully saturated rings. The van der Waals surface area contributed by atoms with Gasteiger partial charge in [0.05, 0.1) is 12.0 Å². The van der Waals surface area contributed by atoms with E-state index >= 15 is 0 Å². The van der Waals surface area contributed by atoms with Crippen LogP contribution < -0.4 is 9.04 Å². The fourth-order valence-corrected chi connectivity index (χ4v) is 4.72. The number of fused-ring (bicyclic) bond motifs is 1. The Morgan fingerprint density at radius 2 is 2.00 bits per heavy atom. The highest BCUT2D eigenvalue weighted by atomic mass is 32.2. The predicted octanol–water partition coefficient (Wildman–Crippen LogP) is 3.36. The molecule has 1 aromatic heterocycles. The number of nitrogens with zero attached hydrogens (tertiary/aromatic N) is 2. The quantitative estimate of drug-likeness (QED) is 0.751. The number of anilines is 1. The highest BCUT2D eigenvalue weighted by Crippen LogP contribution is 2.34. The number of pyridine rings is 1. The number of ether oxygens (including phenoxy) is 1. The van der Waals surface area contributed by atoms with Gasteiger partial charge in [0.1, 0.15) is 11.6 Å². The van der Waals surface area contributed by atoms with Gasteiger partial charge in [-0.3, -0.25) is 0 Å². The summed E-state index contributed by atoms with van der Waals surface area (Å²) in [5.74, 6) is -0.153. The maximum absolute atomic E-state index is 13.1. The van der Waals surface area contributed by atoms with Crippen LogP contribution in [-0.2, 0) is 21.2 Å². The van der Waals surface area contributed by atoms with Crippen molar-refractivity contribution in [2.45, 2.75) is 32.1 Å². The molecule has 0 saturated carbocycles. The van der Waals surface area contributed by atoms with Gasteiger partial charge in [-0.05, 0) is 47.2 Å². The first-order valence-corrected chi connectivity index (χ1v) is 10.6. The van der Waals surface area contributed by atoms with Gasteiger partial charge < -0.3 is 9.84 Å². The van der Waals surface area contributed by atoms with E-state index in [4.69, 9.17) is 4.74 Å². The second-order valence-electron chi connectivity index (χ2n) is 7.87. The van der Waals surface area contributed by atoms with Crippen molar-refractivity contribution < 1.29 is 23.1 Å². The third-order valence-electron chi connectivity index (χ3n) is 4.76. The molecule has 1 N–H and O–H groups in total. The first-order valence-electron chi connectivity index (χ1n) is 9.15. The first kappa shape index (κ1) is 20.9. The molecule has 8 heteroatoms. The van der Waals surface area contributed by atoms with E-state index in [1.807, 2.05) is 20.8 Å². The van der Waals surface area contributed by atoms with Crippen molar-refractivity contribution in [3.05, 3.63) is 53.2 Å². The summed E-state index contributed by atoms with van der Waals surface area (Å²) >= 11 is 0. The van der Waals surface area contributed by atoms with Gasteiger partial charge in [0, 0.05) is 24.4 Å². The Bertz CT molecular complexity index is 1080. The molecular formula is C21H24N2O5S. The molecule has 0 unspecified atom stereocenters. The molecule has 2 heterocycles. The second kappa shape index (κ2) is 7.51. The summed E-state index contributed by atoms with van der Waals surface area (Å²) in [6.45, 7) is 5.77. The number of methoxy groups -OCH3 is 1. The summed E-state index contributed by atoms with van der Waals surface area (Å²) < 4.78 is 32.6. The van der Waals surface area contributed by atoms with E-state index in [2.05, 4.69) is 4.98 Å². The molecule has 0 aliphatic carbocycles. The van der Waals surface area contributed by atoms with Crippen LogP contribution in [0.5, 0.6) is 5.75 Å². The average Bonchev–Trinajstić information content (AvgIpc) is 3.09. The number of hydrogen-bond donors (Lipinski definition) is 1. The molecule has 0 radical (unpaired) electrons. The van der Waals surface area contributed by atoms with Crippen LogP contribution in [0.2, 0.25) is 0 Å². The Morgan fingerprint density at radius 1 is 1.28 bits per heavy atom. The Labute approximate surface area is 170 Å². The lowest BCUT2D eigenvalue weighted by Crippen LogP contribution is -2.29. The van der Waals surface area contributed by atoms with Gasteiger partial charge in [0.25, 0.3) is 10.0 Å². The monoisotopic (exact) mass is 416 g/mol. The molecular weight excluding hydrogens is 392 g/mol. The van der Waals surface area contributed by atoms with Crippen molar-refractivity contribution >= 4 is 27.9 Å². The summed E-state index contributed by atoms with van der Waals surface area (Å²) in [4.78, 5) is 16.1. The Morgan fingerprint density at radius 3 is 2.62 bits per heavy atom. The van der Waals surface area contributed by atoms with Crippen molar-refractivity contribution in [1.82, 2.24) is 4.98 Å². The Balaban J connectivity index is 1.98. The second-order valence-corrected chi connectivity index (χ2v) is 9.73. The lowest BCUT2D eigenvalue weighted by Gasteiger charge is -2.20. The summed E-state index contributed by atoms with van der Waals surface area (Å²) in [6.07, 6.45) is 3.60. The van der Waals surface area contributed by atoms with Gasteiger partial charge in [-0.25, -0.2) is 22.5 Å². The Kier molecular flexibility index (Phi) is 5.40. The van der Waals surface area contributed by atoms with Crippen LogP contribution in [0.25, 0.3) is 6.08 Å².